The van der Waals surface area contributed by atoms with E-state index in [0.717, 1.165) is 27.9 Å². The molecule has 1 unspecified atom stereocenters. The number of nitrogens with zero attached hydrogens (tertiary/aromatic N) is 3. The molecule has 2 N–H and O–H groups in total. The molecule has 0 radical (unpaired) electrons. The van der Waals surface area contributed by atoms with Gasteiger partial charge in [-0.25, -0.2) is 4.98 Å². The standard InChI is InChI=1S/C22H21N5O3/c1-12-19-14(13-7-6-10-17(29-2)20(13)30-3)11-18(28)25-21(19)27(26-12)22-23-15-8-4-5-9-16(15)24-22/h4-10,14H,11H2,1-3H3,(H,23,24)(H,25,28). The summed E-state index contributed by atoms with van der Waals surface area (Å²) in [7, 11) is 3.21. The molecule has 0 saturated heterocycles. The third-order valence-corrected chi connectivity index (χ3v) is 5.49. The summed E-state index contributed by atoms with van der Waals surface area (Å²) >= 11 is 0. The quantitative estimate of drug-likeness (QED) is 0.543. The van der Waals surface area contributed by atoms with E-state index in [-0.39, 0.29) is 11.8 Å². The minimum Gasteiger partial charge on any atom is -0.493 e. The number of carbonyl (C=O) groups excluding carboxylic acids is 1. The minimum absolute atomic E-state index is 0.0883. The van der Waals surface area contributed by atoms with E-state index in [0.29, 0.717) is 29.7 Å². The highest BCUT2D eigenvalue weighted by molar-refractivity contribution is 5.95. The monoisotopic (exact) mass is 403 g/mol. The van der Waals surface area contributed by atoms with Gasteiger partial charge in [0.2, 0.25) is 11.9 Å². The lowest BCUT2D eigenvalue weighted by Gasteiger charge is -2.26. The number of para-hydroxylation sites is 3. The van der Waals surface area contributed by atoms with Gasteiger partial charge in [0, 0.05) is 23.5 Å². The van der Waals surface area contributed by atoms with E-state index in [4.69, 9.17) is 14.6 Å². The predicted molar refractivity (Wildman–Crippen MR) is 113 cm³/mol. The van der Waals surface area contributed by atoms with Crippen LogP contribution in [0.3, 0.4) is 0 Å². The van der Waals surface area contributed by atoms with Crippen molar-refractivity contribution in [2.45, 2.75) is 19.3 Å². The highest BCUT2D eigenvalue weighted by atomic mass is 16.5. The van der Waals surface area contributed by atoms with Crippen LogP contribution >= 0.6 is 0 Å². The van der Waals surface area contributed by atoms with Gasteiger partial charge in [0.1, 0.15) is 5.82 Å². The predicted octanol–water partition coefficient (Wildman–Crippen LogP) is 3.55. The first kappa shape index (κ1) is 18.2. The van der Waals surface area contributed by atoms with Crippen LogP contribution < -0.4 is 14.8 Å². The molecule has 1 atom stereocenters. The average molecular weight is 403 g/mol. The minimum atomic E-state index is -0.211. The summed E-state index contributed by atoms with van der Waals surface area (Å²) in [6.07, 6.45) is 0.295. The maximum atomic E-state index is 12.7. The summed E-state index contributed by atoms with van der Waals surface area (Å²) in [5.74, 6) is 2.13. The molecular weight excluding hydrogens is 382 g/mol. The molecule has 3 heterocycles. The molecule has 2 aromatic carbocycles. The number of aromatic amines is 1. The third kappa shape index (κ3) is 2.72. The van der Waals surface area contributed by atoms with Gasteiger partial charge in [-0.05, 0) is 25.1 Å². The Morgan fingerprint density at radius 2 is 1.93 bits per heavy atom. The molecule has 1 aliphatic rings. The number of aryl methyl sites for hydroxylation is 1. The molecule has 8 heteroatoms. The Hall–Kier alpha value is -3.81. The number of amides is 1. The van der Waals surface area contributed by atoms with Crippen LogP contribution in [0.1, 0.15) is 29.2 Å². The van der Waals surface area contributed by atoms with Gasteiger partial charge < -0.3 is 19.8 Å². The van der Waals surface area contributed by atoms with Crippen molar-refractivity contribution in [1.82, 2.24) is 19.7 Å². The maximum Gasteiger partial charge on any atom is 0.231 e. The van der Waals surface area contributed by atoms with Gasteiger partial charge in [0.15, 0.2) is 11.5 Å². The van der Waals surface area contributed by atoms with Gasteiger partial charge >= 0.3 is 0 Å². The van der Waals surface area contributed by atoms with Gasteiger partial charge in [0.05, 0.1) is 30.9 Å². The number of rotatable bonds is 4. The maximum absolute atomic E-state index is 12.7. The molecule has 2 aromatic heterocycles. The van der Waals surface area contributed by atoms with Gasteiger partial charge in [-0.1, -0.05) is 24.3 Å². The lowest BCUT2D eigenvalue weighted by molar-refractivity contribution is -0.116. The van der Waals surface area contributed by atoms with Crippen molar-refractivity contribution >= 4 is 22.8 Å². The molecule has 0 bridgehead atoms. The second-order valence-electron chi connectivity index (χ2n) is 7.22. The van der Waals surface area contributed by atoms with Crippen molar-refractivity contribution in [3.8, 4) is 17.4 Å². The Morgan fingerprint density at radius 1 is 1.10 bits per heavy atom. The normalized spacial score (nSPS) is 15.7. The number of anilines is 1. The number of imidazole rings is 1. The van der Waals surface area contributed by atoms with E-state index < -0.39 is 0 Å². The summed E-state index contributed by atoms with van der Waals surface area (Å²) in [5, 5.41) is 7.69. The van der Waals surface area contributed by atoms with Crippen LogP contribution in [-0.4, -0.2) is 39.9 Å². The molecule has 1 amide bonds. The van der Waals surface area contributed by atoms with Crippen molar-refractivity contribution in [3.05, 3.63) is 59.3 Å². The zero-order chi connectivity index (χ0) is 20.8. The van der Waals surface area contributed by atoms with Gasteiger partial charge in [-0.3, -0.25) is 4.79 Å². The van der Waals surface area contributed by atoms with Gasteiger partial charge in [-0.2, -0.15) is 9.78 Å². The van der Waals surface area contributed by atoms with E-state index in [2.05, 4.69) is 15.3 Å². The molecule has 4 aromatic rings. The number of fused-ring (bicyclic) bond motifs is 2. The van der Waals surface area contributed by atoms with Gasteiger partial charge in [0.25, 0.3) is 0 Å². The molecule has 0 spiro atoms. The van der Waals surface area contributed by atoms with Gasteiger partial charge in [-0.15, -0.1) is 0 Å². The Balaban J connectivity index is 1.69. The topological polar surface area (TPSA) is 94.1 Å². The second kappa shape index (κ2) is 6.91. The average Bonchev–Trinajstić information content (AvgIpc) is 3.33. The highest BCUT2D eigenvalue weighted by Gasteiger charge is 2.35. The molecule has 0 aliphatic carbocycles. The molecule has 0 fully saturated rings. The van der Waals surface area contributed by atoms with Crippen molar-refractivity contribution in [3.63, 3.8) is 0 Å². The zero-order valence-corrected chi connectivity index (χ0v) is 16.9. The number of H-pyrrole nitrogens is 1. The number of nitrogens with one attached hydrogen (secondary N) is 2. The Bertz CT molecular complexity index is 1240. The number of aromatic nitrogens is 4. The van der Waals surface area contributed by atoms with Crippen molar-refractivity contribution in [2.75, 3.05) is 19.5 Å². The molecule has 8 nitrogen and oxygen atoms in total. The molecule has 1 aliphatic heterocycles. The zero-order valence-electron chi connectivity index (χ0n) is 16.9. The summed E-state index contributed by atoms with van der Waals surface area (Å²) < 4.78 is 12.8. The molecular formula is C22H21N5O3. The van der Waals surface area contributed by atoms with Crippen LogP contribution in [0.25, 0.3) is 17.0 Å². The lowest BCUT2D eigenvalue weighted by Crippen LogP contribution is -2.25. The third-order valence-electron chi connectivity index (χ3n) is 5.49. The Labute approximate surface area is 172 Å². The highest BCUT2D eigenvalue weighted by Crippen LogP contribution is 2.45. The molecule has 152 valence electrons. The smallest absolute Gasteiger partial charge is 0.231 e. The Kier molecular flexibility index (Phi) is 4.20. The fourth-order valence-corrected chi connectivity index (χ4v) is 4.19. The summed E-state index contributed by atoms with van der Waals surface area (Å²) in [4.78, 5) is 20.6. The van der Waals surface area contributed by atoms with Crippen molar-refractivity contribution < 1.29 is 14.3 Å². The van der Waals surface area contributed by atoms with Crippen molar-refractivity contribution in [2.24, 2.45) is 0 Å². The molecule has 5 rings (SSSR count). The van der Waals surface area contributed by atoms with Crippen LogP contribution in [0.4, 0.5) is 5.82 Å². The van der Waals surface area contributed by atoms with E-state index in [1.807, 2.05) is 49.4 Å². The van der Waals surface area contributed by atoms with E-state index in [1.54, 1.807) is 18.9 Å². The SMILES string of the molecule is COc1cccc(C2CC(=O)Nc3c2c(C)nn3-c2nc3ccccc3[nH]2)c1OC. The van der Waals surface area contributed by atoms with E-state index >= 15 is 0 Å². The summed E-state index contributed by atoms with van der Waals surface area (Å²) in [6.45, 7) is 1.94. The number of hydrogen-bond acceptors (Lipinski definition) is 5. The summed E-state index contributed by atoms with van der Waals surface area (Å²) in [6, 6.07) is 13.5. The summed E-state index contributed by atoms with van der Waals surface area (Å²) in [5.41, 5.74) is 4.40. The molecule has 30 heavy (non-hydrogen) atoms. The van der Waals surface area contributed by atoms with Crippen LogP contribution in [0.15, 0.2) is 42.5 Å². The van der Waals surface area contributed by atoms with Crippen LogP contribution in [0.5, 0.6) is 11.5 Å². The first-order valence-electron chi connectivity index (χ1n) is 9.66. The number of methoxy groups -OCH3 is 2. The fourth-order valence-electron chi connectivity index (χ4n) is 4.19. The number of carbonyl (C=O) groups is 1. The first-order valence-corrected chi connectivity index (χ1v) is 9.66. The Morgan fingerprint density at radius 3 is 2.70 bits per heavy atom. The van der Waals surface area contributed by atoms with Crippen LogP contribution in [-0.2, 0) is 4.79 Å². The second-order valence-corrected chi connectivity index (χ2v) is 7.22. The van der Waals surface area contributed by atoms with Crippen LogP contribution in [0, 0.1) is 6.92 Å². The van der Waals surface area contributed by atoms with E-state index in [1.165, 1.54) is 0 Å². The number of hydrogen-bond donors (Lipinski definition) is 2. The van der Waals surface area contributed by atoms with E-state index in [9.17, 15) is 4.79 Å². The molecule has 0 saturated carbocycles. The lowest BCUT2D eigenvalue weighted by atomic mass is 9.85. The first-order chi connectivity index (χ1) is 14.6. The largest absolute Gasteiger partial charge is 0.493 e. The van der Waals surface area contributed by atoms with Crippen LogP contribution in [0.2, 0.25) is 0 Å². The van der Waals surface area contributed by atoms with Crippen molar-refractivity contribution in [1.29, 1.82) is 0 Å². The number of benzene rings is 2. The fraction of sp³-hybridized carbons (Fsp3) is 0.227. The number of ether oxygens (including phenoxy) is 2.